The van der Waals surface area contributed by atoms with Gasteiger partial charge in [-0.2, -0.15) is 0 Å². The Hall–Kier alpha value is -4.10. The van der Waals surface area contributed by atoms with Crippen LogP contribution >= 0.6 is 0 Å². The van der Waals surface area contributed by atoms with Crippen molar-refractivity contribution in [2.75, 3.05) is 0 Å². The number of fused-ring (bicyclic) bond motifs is 3. The largest absolute Gasteiger partial charge is 0.309 e. The minimum atomic E-state index is 0.917. The fourth-order valence-electron chi connectivity index (χ4n) is 4.66. The van der Waals surface area contributed by atoms with Gasteiger partial charge >= 0.3 is 0 Å². The van der Waals surface area contributed by atoms with Crippen molar-refractivity contribution in [1.82, 2.24) is 4.57 Å². The highest BCUT2D eigenvalue weighted by molar-refractivity contribution is 6.10. The molecule has 1 aromatic heterocycles. The second-order valence-corrected chi connectivity index (χ2v) is 8.56. The molecular formula is C33H29N. The predicted molar refractivity (Wildman–Crippen MR) is 148 cm³/mol. The lowest BCUT2D eigenvalue weighted by molar-refractivity contribution is 1.19. The third kappa shape index (κ3) is 4.25. The minimum Gasteiger partial charge on any atom is -0.309 e. The number of aromatic nitrogens is 1. The van der Waals surface area contributed by atoms with Gasteiger partial charge in [0.15, 0.2) is 0 Å². The Balaban J connectivity index is 1.55. The van der Waals surface area contributed by atoms with E-state index in [1.165, 1.54) is 44.1 Å². The van der Waals surface area contributed by atoms with E-state index in [9.17, 15) is 0 Å². The van der Waals surface area contributed by atoms with E-state index in [0.29, 0.717) is 0 Å². The molecule has 0 saturated heterocycles. The topological polar surface area (TPSA) is 4.93 Å². The van der Waals surface area contributed by atoms with E-state index in [1.807, 2.05) is 6.92 Å². The maximum Gasteiger partial charge on any atom is 0.0541 e. The van der Waals surface area contributed by atoms with Crippen molar-refractivity contribution < 1.29 is 0 Å². The standard InChI is InChI=1S/C33H29N/c1-3-5-14-29(11-4-2)34-32-16-10-9-15-30(32)31-24-26(19-22-33(31)34)23-25-17-20-28(21-18-25)27-12-7-6-8-13-27/h3-22,24H,23H2,1-2H3/b5-3-,11-4-,29-14+. The Morgan fingerprint density at radius 1 is 0.647 bits per heavy atom. The predicted octanol–water partition coefficient (Wildman–Crippen LogP) is 9.05. The van der Waals surface area contributed by atoms with Crippen LogP contribution in [0.15, 0.2) is 127 Å². The lowest BCUT2D eigenvalue weighted by Crippen LogP contribution is -1.95. The van der Waals surface area contributed by atoms with Gasteiger partial charge in [-0.1, -0.05) is 97.1 Å². The second-order valence-electron chi connectivity index (χ2n) is 8.56. The summed E-state index contributed by atoms with van der Waals surface area (Å²) < 4.78 is 2.36. The average molecular weight is 440 g/mol. The first-order chi connectivity index (χ1) is 16.8. The molecule has 1 nitrogen and oxygen atoms in total. The zero-order valence-electron chi connectivity index (χ0n) is 19.8. The number of hydrogen-bond donors (Lipinski definition) is 0. The van der Waals surface area contributed by atoms with Gasteiger partial charge in [-0.15, -0.1) is 0 Å². The number of allylic oxidation sites excluding steroid dienone is 6. The van der Waals surface area contributed by atoms with E-state index < -0.39 is 0 Å². The van der Waals surface area contributed by atoms with Crippen LogP contribution in [0.3, 0.4) is 0 Å². The highest BCUT2D eigenvalue weighted by Gasteiger charge is 2.13. The van der Waals surface area contributed by atoms with Gasteiger partial charge in [0.1, 0.15) is 0 Å². The van der Waals surface area contributed by atoms with Gasteiger partial charge in [-0.3, -0.25) is 0 Å². The van der Waals surface area contributed by atoms with Gasteiger partial charge in [0.05, 0.1) is 11.0 Å². The summed E-state index contributed by atoms with van der Waals surface area (Å²) >= 11 is 0. The Kier molecular flexibility index (Phi) is 6.27. The smallest absolute Gasteiger partial charge is 0.0541 e. The number of benzene rings is 4. The molecule has 0 atom stereocenters. The fraction of sp³-hybridized carbons (Fsp3) is 0.0909. The number of nitrogens with zero attached hydrogens (tertiary/aromatic N) is 1. The molecule has 4 aromatic carbocycles. The fourth-order valence-corrected chi connectivity index (χ4v) is 4.66. The minimum absolute atomic E-state index is 0.917. The van der Waals surface area contributed by atoms with Gasteiger partial charge in [-0.05, 0) is 72.9 Å². The average Bonchev–Trinajstić information content (AvgIpc) is 3.21. The Morgan fingerprint density at radius 3 is 2.09 bits per heavy atom. The first-order valence-corrected chi connectivity index (χ1v) is 11.9. The quantitative estimate of drug-likeness (QED) is 0.233. The maximum atomic E-state index is 2.36. The van der Waals surface area contributed by atoms with Gasteiger partial charge in [0, 0.05) is 16.5 Å². The number of para-hydroxylation sites is 1. The van der Waals surface area contributed by atoms with E-state index in [0.717, 1.165) is 12.1 Å². The molecule has 0 aliphatic rings. The molecule has 0 fully saturated rings. The molecule has 5 aromatic rings. The Labute approximate surface area is 202 Å². The first kappa shape index (κ1) is 21.7. The summed E-state index contributed by atoms with van der Waals surface area (Å²) in [5.41, 5.74) is 8.79. The van der Waals surface area contributed by atoms with Gasteiger partial charge < -0.3 is 4.57 Å². The number of hydrogen-bond acceptors (Lipinski definition) is 0. The molecule has 0 unspecified atom stereocenters. The third-order valence-corrected chi connectivity index (χ3v) is 6.26. The summed E-state index contributed by atoms with van der Waals surface area (Å²) in [6, 6.07) is 35.1. The first-order valence-electron chi connectivity index (χ1n) is 11.9. The van der Waals surface area contributed by atoms with Crippen molar-refractivity contribution in [3.05, 3.63) is 139 Å². The molecule has 1 heteroatoms. The lowest BCUT2D eigenvalue weighted by atomic mass is 9.99. The van der Waals surface area contributed by atoms with Crippen LogP contribution in [-0.2, 0) is 6.42 Å². The van der Waals surface area contributed by atoms with Crippen LogP contribution in [0.4, 0.5) is 0 Å². The highest BCUT2D eigenvalue weighted by Crippen LogP contribution is 2.33. The zero-order chi connectivity index (χ0) is 23.3. The van der Waals surface area contributed by atoms with Crippen LogP contribution in [0.5, 0.6) is 0 Å². The van der Waals surface area contributed by atoms with E-state index >= 15 is 0 Å². The van der Waals surface area contributed by atoms with Crippen LogP contribution in [0.2, 0.25) is 0 Å². The monoisotopic (exact) mass is 439 g/mol. The van der Waals surface area contributed by atoms with Crippen molar-refractivity contribution >= 4 is 27.5 Å². The van der Waals surface area contributed by atoms with Crippen LogP contribution in [0.1, 0.15) is 25.0 Å². The molecule has 0 aliphatic heterocycles. The van der Waals surface area contributed by atoms with E-state index in [4.69, 9.17) is 0 Å². The van der Waals surface area contributed by atoms with Crippen LogP contribution < -0.4 is 0 Å². The molecule has 0 N–H and O–H groups in total. The molecule has 0 amide bonds. The summed E-state index contributed by atoms with van der Waals surface area (Å²) in [7, 11) is 0. The van der Waals surface area contributed by atoms with Crippen LogP contribution in [0, 0.1) is 0 Å². The summed E-state index contributed by atoms with van der Waals surface area (Å²) in [6.07, 6.45) is 11.5. The highest BCUT2D eigenvalue weighted by atomic mass is 15.0. The van der Waals surface area contributed by atoms with Crippen molar-refractivity contribution in [3.63, 3.8) is 0 Å². The molecule has 5 rings (SSSR count). The molecule has 166 valence electrons. The Morgan fingerprint density at radius 2 is 1.32 bits per heavy atom. The second kappa shape index (κ2) is 9.80. The number of rotatable bonds is 6. The molecule has 0 spiro atoms. The van der Waals surface area contributed by atoms with Crippen molar-refractivity contribution in [1.29, 1.82) is 0 Å². The third-order valence-electron chi connectivity index (χ3n) is 6.26. The molecule has 1 heterocycles. The SMILES string of the molecule is C\C=C/C=C(\C=C/C)n1c2ccccc2c2cc(Cc3ccc(-c4ccccc4)cc3)ccc21. The summed E-state index contributed by atoms with van der Waals surface area (Å²) in [5.74, 6) is 0. The Bertz CT molecular complexity index is 1510. The molecule has 0 aliphatic carbocycles. The molecular weight excluding hydrogens is 410 g/mol. The summed E-state index contributed by atoms with van der Waals surface area (Å²) in [4.78, 5) is 0. The van der Waals surface area contributed by atoms with Crippen molar-refractivity contribution in [2.24, 2.45) is 0 Å². The molecule has 0 saturated carbocycles. The lowest BCUT2D eigenvalue weighted by Gasteiger charge is -2.09. The zero-order valence-corrected chi connectivity index (χ0v) is 19.8. The maximum absolute atomic E-state index is 2.36. The molecule has 34 heavy (non-hydrogen) atoms. The van der Waals surface area contributed by atoms with E-state index in [-0.39, 0.29) is 0 Å². The van der Waals surface area contributed by atoms with E-state index in [1.54, 1.807) is 0 Å². The van der Waals surface area contributed by atoms with Gasteiger partial charge in [0.2, 0.25) is 0 Å². The van der Waals surface area contributed by atoms with E-state index in [2.05, 4.69) is 139 Å². The summed E-state index contributed by atoms with van der Waals surface area (Å²) in [5, 5.41) is 2.58. The van der Waals surface area contributed by atoms with Crippen molar-refractivity contribution in [2.45, 2.75) is 20.3 Å². The van der Waals surface area contributed by atoms with Gasteiger partial charge in [-0.25, -0.2) is 0 Å². The van der Waals surface area contributed by atoms with Crippen molar-refractivity contribution in [3.8, 4) is 11.1 Å². The van der Waals surface area contributed by atoms with Crippen LogP contribution in [-0.4, -0.2) is 4.57 Å². The van der Waals surface area contributed by atoms with Crippen LogP contribution in [0.25, 0.3) is 38.6 Å². The normalized spacial score (nSPS) is 12.5. The molecule has 0 bridgehead atoms. The summed E-state index contributed by atoms with van der Waals surface area (Å²) in [6.45, 7) is 4.12. The molecule has 0 radical (unpaired) electrons. The van der Waals surface area contributed by atoms with Gasteiger partial charge in [0.25, 0.3) is 0 Å².